The Kier molecular flexibility index (Phi) is 5.56. The molecule has 3 rings (SSSR count). The van der Waals surface area contributed by atoms with Crippen LogP contribution in [0.25, 0.3) is 11.0 Å². The second-order valence-corrected chi connectivity index (χ2v) is 5.67. The molecule has 126 valence electrons. The maximum Gasteiger partial charge on any atom is 0.136 e. The van der Waals surface area contributed by atoms with E-state index >= 15 is 0 Å². The van der Waals surface area contributed by atoms with Gasteiger partial charge in [0.05, 0.1) is 24.9 Å². The van der Waals surface area contributed by atoms with Crippen molar-refractivity contribution in [2.45, 2.75) is 33.6 Å². The van der Waals surface area contributed by atoms with Gasteiger partial charge in [-0.2, -0.15) is 0 Å². The highest BCUT2D eigenvalue weighted by molar-refractivity contribution is 5.75. The highest BCUT2D eigenvalue weighted by atomic mass is 16.5. The van der Waals surface area contributed by atoms with Gasteiger partial charge in [-0.05, 0) is 25.5 Å². The first kappa shape index (κ1) is 16.6. The zero-order chi connectivity index (χ0) is 16.8. The quantitative estimate of drug-likeness (QED) is 0.595. The normalized spacial score (nSPS) is 11.2. The lowest BCUT2D eigenvalue weighted by Gasteiger charge is -2.10. The van der Waals surface area contributed by atoms with Gasteiger partial charge in [0.1, 0.15) is 17.9 Å². The Labute approximate surface area is 142 Å². The molecule has 5 heteroatoms. The second kappa shape index (κ2) is 8.04. The van der Waals surface area contributed by atoms with Gasteiger partial charge >= 0.3 is 0 Å². The summed E-state index contributed by atoms with van der Waals surface area (Å²) in [6.07, 6.45) is 1.82. The van der Waals surface area contributed by atoms with Crippen LogP contribution in [0.15, 0.2) is 42.6 Å². The van der Waals surface area contributed by atoms with Crippen molar-refractivity contribution < 1.29 is 9.47 Å². The molecule has 0 aliphatic carbocycles. The fourth-order valence-corrected chi connectivity index (χ4v) is 2.65. The number of aromatic nitrogens is 3. The molecule has 24 heavy (non-hydrogen) atoms. The van der Waals surface area contributed by atoms with E-state index in [4.69, 9.17) is 9.47 Å². The van der Waals surface area contributed by atoms with Gasteiger partial charge in [-0.25, -0.2) is 4.98 Å². The predicted molar refractivity (Wildman–Crippen MR) is 93.7 cm³/mol. The average molecular weight is 325 g/mol. The van der Waals surface area contributed by atoms with E-state index in [2.05, 4.69) is 32.7 Å². The predicted octanol–water partition coefficient (Wildman–Crippen LogP) is 3.49. The summed E-state index contributed by atoms with van der Waals surface area (Å²) < 4.78 is 13.5. The molecular formula is C19H23N3O2. The zero-order valence-corrected chi connectivity index (χ0v) is 14.2. The van der Waals surface area contributed by atoms with Gasteiger partial charge in [0.25, 0.3) is 0 Å². The average Bonchev–Trinajstić information content (AvgIpc) is 2.94. The number of rotatable bonds is 8. The molecule has 1 aromatic carbocycles. The molecule has 0 atom stereocenters. The molecule has 0 saturated carbocycles. The molecule has 2 heterocycles. The topological polar surface area (TPSA) is 49.2 Å². The third-order valence-corrected chi connectivity index (χ3v) is 3.86. The molecular weight excluding hydrogens is 302 g/mol. The summed E-state index contributed by atoms with van der Waals surface area (Å²) >= 11 is 0. The van der Waals surface area contributed by atoms with Crippen molar-refractivity contribution in [2.75, 3.05) is 13.2 Å². The number of hydrogen-bond donors (Lipinski definition) is 0. The van der Waals surface area contributed by atoms with Crippen LogP contribution in [0, 0.1) is 6.92 Å². The molecule has 0 fully saturated rings. The molecule has 0 saturated heterocycles. The van der Waals surface area contributed by atoms with Crippen molar-refractivity contribution in [1.82, 2.24) is 14.5 Å². The Hall–Kier alpha value is -2.24. The molecule has 0 bridgehead atoms. The lowest BCUT2D eigenvalue weighted by atomic mass is 10.2. The van der Waals surface area contributed by atoms with Crippen LogP contribution in [0.3, 0.4) is 0 Å². The minimum Gasteiger partial charge on any atom is -0.375 e. The summed E-state index contributed by atoms with van der Waals surface area (Å²) in [4.78, 5) is 8.98. The van der Waals surface area contributed by atoms with Crippen molar-refractivity contribution in [1.29, 1.82) is 0 Å². The van der Waals surface area contributed by atoms with E-state index in [0.29, 0.717) is 26.4 Å². The first-order valence-corrected chi connectivity index (χ1v) is 8.29. The number of imidazole rings is 1. The lowest BCUT2D eigenvalue weighted by molar-refractivity contribution is 0.105. The fraction of sp³-hybridized carbons (Fsp3) is 0.368. The number of hydrogen-bond acceptors (Lipinski definition) is 4. The number of nitrogens with zero attached hydrogens (tertiary/aromatic N) is 3. The van der Waals surface area contributed by atoms with E-state index in [1.165, 1.54) is 5.56 Å². The largest absolute Gasteiger partial charge is 0.375 e. The van der Waals surface area contributed by atoms with Crippen LogP contribution in [0.5, 0.6) is 0 Å². The third-order valence-electron chi connectivity index (χ3n) is 3.86. The summed E-state index contributed by atoms with van der Waals surface area (Å²) in [5.74, 6) is 0.919. The van der Waals surface area contributed by atoms with Crippen molar-refractivity contribution >= 4 is 11.0 Å². The molecule has 5 nitrogen and oxygen atoms in total. The van der Waals surface area contributed by atoms with E-state index in [9.17, 15) is 0 Å². The SMILES string of the molecule is CCOCc1nc2cnc(C)cc2n1CCOCc1ccccc1. The van der Waals surface area contributed by atoms with Crippen LogP contribution in [0.4, 0.5) is 0 Å². The van der Waals surface area contributed by atoms with E-state index in [1.807, 2.05) is 38.2 Å². The fourth-order valence-electron chi connectivity index (χ4n) is 2.65. The maximum atomic E-state index is 5.83. The molecule has 0 N–H and O–H groups in total. The Balaban J connectivity index is 1.70. The van der Waals surface area contributed by atoms with Gasteiger partial charge in [0, 0.05) is 18.8 Å². The summed E-state index contributed by atoms with van der Waals surface area (Å²) in [6, 6.07) is 12.3. The van der Waals surface area contributed by atoms with Crippen molar-refractivity contribution in [3.63, 3.8) is 0 Å². The first-order valence-electron chi connectivity index (χ1n) is 8.29. The molecule has 0 aliphatic rings. The minimum absolute atomic E-state index is 0.503. The van der Waals surface area contributed by atoms with Gasteiger partial charge in [0.15, 0.2) is 0 Å². The molecule has 0 aliphatic heterocycles. The number of pyridine rings is 1. The van der Waals surface area contributed by atoms with Gasteiger partial charge < -0.3 is 14.0 Å². The molecule has 2 aromatic heterocycles. The van der Waals surface area contributed by atoms with Crippen LogP contribution in [-0.2, 0) is 29.2 Å². The van der Waals surface area contributed by atoms with Crippen LogP contribution in [0.1, 0.15) is 24.0 Å². The first-order chi connectivity index (χ1) is 11.8. The number of benzene rings is 1. The monoisotopic (exact) mass is 325 g/mol. The van der Waals surface area contributed by atoms with Crippen molar-refractivity contribution in [2.24, 2.45) is 0 Å². The van der Waals surface area contributed by atoms with Gasteiger partial charge in [-0.1, -0.05) is 30.3 Å². The Morgan fingerprint density at radius 3 is 2.71 bits per heavy atom. The maximum absolute atomic E-state index is 5.83. The van der Waals surface area contributed by atoms with E-state index in [-0.39, 0.29) is 0 Å². The lowest BCUT2D eigenvalue weighted by Crippen LogP contribution is -2.10. The Morgan fingerprint density at radius 1 is 1.08 bits per heavy atom. The standard InChI is InChI=1S/C19H23N3O2/c1-3-23-14-19-21-17-12-20-15(2)11-18(17)22(19)9-10-24-13-16-7-5-4-6-8-16/h4-8,11-12H,3,9-10,13-14H2,1-2H3. The smallest absolute Gasteiger partial charge is 0.136 e. The number of fused-ring (bicyclic) bond motifs is 1. The van der Waals surface area contributed by atoms with E-state index in [1.54, 1.807) is 0 Å². The van der Waals surface area contributed by atoms with Gasteiger partial charge in [-0.3, -0.25) is 4.98 Å². The summed E-state index contributed by atoms with van der Waals surface area (Å²) in [6.45, 7) is 7.14. The molecule has 0 unspecified atom stereocenters. The van der Waals surface area contributed by atoms with Gasteiger partial charge in [0.2, 0.25) is 0 Å². The van der Waals surface area contributed by atoms with Crippen molar-refractivity contribution in [3.05, 3.63) is 59.7 Å². The van der Waals surface area contributed by atoms with E-state index in [0.717, 1.165) is 29.1 Å². The Bertz CT molecular complexity index is 784. The third kappa shape index (κ3) is 3.99. The second-order valence-electron chi connectivity index (χ2n) is 5.67. The molecule has 0 radical (unpaired) electrons. The zero-order valence-electron chi connectivity index (χ0n) is 14.2. The van der Waals surface area contributed by atoms with E-state index < -0.39 is 0 Å². The van der Waals surface area contributed by atoms with Crippen LogP contribution < -0.4 is 0 Å². The molecule has 0 amide bonds. The highest BCUT2D eigenvalue weighted by Gasteiger charge is 2.11. The van der Waals surface area contributed by atoms with Crippen LogP contribution in [0.2, 0.25) is 0 Å². The molecule has 3 aromatic rings. The van der Waals surface area contributed by atoms with Crippen LogP contribution >= 0.6 is 0 Å². The number of ether oxygens (including phenoxy) is 2. The van der Waals surface area contributed by atoms with Crippen LogP contribution in [-0.4, -0.2) is 27.7 Å². The minimum atomic E-state index is 0.503. The summed E-state index contributed by atoms with van der Waals surface area (Å²) in [7, 11) is 0. The summed E-state index contributed by atoms with van der Waals surface area (Å²) in [5, 5.41) is 0. The van der Waals surface area contributed by atoms with Gasteiger partial charge in [-0.15, -0.1) is 0 Å². The van der Waals surface area contributed by atoms with Crippen molar-refractivity contribution in [3.8, 4) is 0 Å². The Morgan fingerprint density at radius 2 is 1.92 bits per heavy atom. The summed E-state index contributed by atoms with van der Waals surface area (Å²) in [5.41, 5.74) is 4.15. The highest BCUT2D eigenvalue weighted by Crippen LogP contribution is 2.17. The molecule has 0 spiro atoms. The number of aryl methyl sites for hydroxylation is 1.